The number of para-hydroxylation sites is 1. The molecule has 0 heterocycles. The summed E-state index contributed by atoms with van der Waals surface area (Å²) < 4.78 is 29.0. The highest BCUT2D eigenvalue weighted by Crippen LogP contribution is 2.31. The monoisotopic (exact) mass is 390 g/mol. The predicted octanol–water partition coefficient (Wildman–Crippen LogP) is 4.45. The first-order chi connectivity index (χ1) is 13.0. The van der Waals surface area contributed by atoms with E-state index in [2.05, 4.69) is 0 Å². The molecule has 7 nitrogen and oxygen atoms in total. The molecule has 0 aliphatic heterocycles. The standard InChI is InChI=1S/C19H22N2O5S/c22-21(23)17-12-11-15(19(13-17)26-18-9-5-2-6-10-18)14-20(27(24)25)16-7-3-1-4-8-16/h1,3-4,7-8,11-13,18H,2,5-6,9-10,14H2,(H,24,25). The molecular formula is C19H22N2O5S. The van der Waals surface area contributed by atoms with Gasteiger partial charge in [0.05, 0.1) is 29.3 Å². The van der Waals surface area contributed by atoms with E-state index >= 15 is 0 Å². The number of hydrogen-bond acceptors (Lipinski definition) is 4. The van der Waals surface area contributed by atoms with Gasteiger partial charge >= 0.3 is 0 Å². The zero-order valence-electron chi connectivity index (χ0n) is 14.8. The minimum Gasteiger partial charge on any atom is -0.490 e. The quantitative estimate of drug-likeness (QED) is 0.428. The fourth-order valence-electron chi connectivity index (χ4n) is 3.25. The molecule has 3 rings (SSSR count). The van der Waals surface area contributed by atoms with Gasteiger partial charge in [0.1, 0.15) is 5.75 Å². The van der Waals surface area contributed by atoms with Crippen molar-refractivity contribution in [1.82, 2.24) is 0 Å². The summed E-state index contributed by atoms with van der Waals surface area (Å²) in [6, 6.07) is 13.3. The van der Waals surface area contributed by atoms with Crippen LogP contribution in [0.4, 0.5) is 11.4 Å². The fourth-order valence-corrected chi connectivity index (χ4v) is 3.80. The van der Waals surface area contributed by atoms with Crippen LogP contribution in [0.1, 0.15) is 37.7 Å². The Hall–Kier alpha value is -2.45. The molecule has 0 bridgehead atoms. The van der Waals surface area contributed by atoms with Crippen molar-refractivity contribution in [3.63, 3.8) is 0 Å². The molecule has 0 amide bonds. The average Bonchev–Trinajstić information content (AvgIpc) is 2.68. The Bertz CT molecular complexity index is 809. The molecule has 8 heteroatoms. The number of nitro benzene ring substituents is 1. The molecule has 2 aromatic rings. The Morgan fingerprint density at radius 2 is 1.85 bits per heavy atom. The largest absolute Gasteiger partial charge is 0.490 e. The number of anilines is 1. The fraction of sp³-hybridized carbons (Fsp3) is 0.368. The third-order valence-corrected chi connectivity index (χ3v) is 5.37. The number of nitro groups is 1. The lowest BCUT2D eigenvalue weighted by Gasteiger charge is -2.26. The molecule has 2 aromatic carbocycles. The van der Waals surface area contributed by atoms with Crippen LogP contribution in [-0.2, 0) is 17.8 Å². The van der Waals surface area contributed by atoms with E-state index in [1.807, 2.05) is 6.07 Å². The maximum absolute atomic E-state index is 11.9. The summed E-state index contributed by atoms with van der Waals surface area (Å²) in [5.41, 5.74) is 1.17. The van der Waals surface area contributed by atoms with Crippen molar-refractivity contribution in [2.45, 2.75) is 44.8 Å². The second-order valence-electron chi connectivity index (χ2n) is 6.53. The van der Waals surface area contributed by atoms with Gasteiger partial charge in [-0.3, -0.25) is 19.0 Å². The lowest BCUT2D eigenvalue weighted by Crippen LogP contribution is -2.26. The number of nitrogens with zero attached hydrogens (tertiary/aromatic N) is 2. The molecule has 0 saturated heterocycles. The zero-order chi connectivity index (χ0) is 19.2. The first kappa shape index (κ1) is 19.3. The summed E-state index contributed by atoms with van der Waals surface area (Å²) in [6.45, 7) is 0.104. The van der Waals surface area contributed by atoms with E-state index in [4.69, 9.17) is 4.74 Å². The Balaban J connectivity index is 1.90. The molecule has 1 unspecified atom stereocenters. The van der Waals surface area contributed by atoms with E-state index in [1.54, 1.807) is 30.3 Å². The molecule has 1 aliphatic carbocycles. The maximum atomic E-state index is 11.9. The number of ether oxygens (including phenoxy) is 1. The van der Waals surface area contributed by atoms with Gasteiger partial charge in [0.2, 0.25) is 0 Å². The second kappa shape index (κ2) is 8.96. The summed E-state index contributed by atoms with van der Waals surface area (Å²) in [5, 5.41) is 11.2. The van der Waals surface area contributed by atoms with E-state index in [-0.39, 0.29) is 18.3 Å². The van der Waals surface area contributed by atoms with E-state index in [1.165, 1.54) is 22.9 Å². The lowest BCUT2D eigenvalue weighted by molar-refractivity contribution is -0.385. The minimum absolute atomic E-state index is 0.0179. The highest BCUT2D eigenvalue weighted by atomic mass is 32.2. The van der Waals surface area contributed by atoms with Crippen LogP contribution in [0.2, 0.25) is 0 Å². The van der Waals surface area contributed by atoms with Crippen LogP contribution in [-0.4, -0.2) is 19.8 Å². The van der Waals surface area contributed by atoms with E-state index in [0.29, 0.717) is 17.0 Å². The Kier molecular flexibility index (Phi) is 6.41. The number of rotatable bonds is 7. The van der Waals surface area contributed by atoms with Crippen molar-refractivity contribution < 1.29 is 18.4 Å². The summed E-state index contributed by atoms with van der Waals surface area (Å²) in [5.74, 6) is 0.405. The third kappa shape index (κ3) is 5.05. The lowest BCUT2D eigenvalue weighted by atomic mass is 9.97. The van der Waals surface area contributed by atoms with Gasteiger partial charge in [-0.25, -0.2) is 4.21 Å². The van der Waals surface area contributed by atoms with Crippen LogP contribution >= 0.6 is 0 Å². The Morgan fingerprint density at radius 3 is 2.48 bits per heavy atom. The molecular weight excluding hydrogens is 368 g/mol. The van der Waals surface area contributed by atoms with Gasteiger partial charge in [-0.1, -0.05) is 24.6 Å². The normalized spacial score (nSPS) is 15.9. The topological polar surface area (TPSA) is 92.9 Å². The smallest absolute Gasteiger partial charge is 0.273 e. The highest BCUT2D eigenvalue weighted by Gasteiger charge is 2.21. The van der Waals surface area contributed by atoms with Gasteiger partial charge in [0.15, 0.2) is 0 Å². The Morgan fingerprint density at radius 1 is 1.15 bits per heavy atom. The van der Waals surface area contributed by atoms with Crippen LogP contribution < -0.4 is 9.04 Å². The van der Waals surface area contributed by atoms with Crippen LogP contribution in [0.5, 0.6) is 5.75 Å². The van der Waals surface area contributed by atoms with Crippen LogP contribution in [0.25, 0.3) is 0 Å². The van der Waals surface area contributed by atoms with Gasteiger partial charge in [-0.2, -0.15) is 0 Å². The van der Waals surface area contributed by atoms with Gasteiger partial charge in [-0.05, 0) is 43.9 Å². The molecule has 1 atom stereocenters. The molecule has 144 valence electrons. The predicted molar refractivity (Wildman–Crippen MR) is 104 cm³/mol. The van der Waals surface area contributed by atoms with Crippen LogP contribution in [0, 0.1) is 10.1 Å². The highest BCUT2D eigenvalue weighted by molar-refractivity contribution is 7.80. The van der Waals surface area contributed by atoms with E-state index < -0.39 is 16.2 Å². The van der Waals surface area contributed by atoms with E-state index in [9.17, 15) is 18.9 Å². The van der Waals surface area contributed by atoms with Gasteiger partial charge < -0.3 is 4.74 Å². The minimum atomic E-state index is -2.24. The van der Waals surface area contributed by atoms with Gasteiger partial charge in [0.25, 0.3) is 17.0 Å². The van der Waals surface area contributed by atoms with E-state index in [0.717, 1.165) is 25.7 Å². The number of non-ortho nitro benzene ring substituents is 1. The van der Waals surface area contributed by atoms with Crippen molar-refractivity contribution in [1.29, 1.82) is 0 Å². The van der Waals surface area contributed by atoms with Gasteiger partial charge in [-0.15, -0.1) is 0 Å². The summed E-state index contributed by atoms with van der Waals surface area (Å²) >= 11 is -2.24. The zero-order valence-corrected chi connectivity index (χ0v) is 15.6. The molecule has 0 radical (unpaired) electrons. The molecule has 1 saturated carbocycles. The summed E-state index contributed by atoms with van der Waals surface area (Å²) in [6.07, 6.45) is 5.17. The second-order valence-corrected chi connectivity index (χ2v) is 7.43. The Labute approximate surface area is 160 Å². The van der Waals surface area contributed by atoms with Crippen molar-refractivity contribution in [2.75, 3.05) is 4.31 Å². The molecule has 27 heavy (non-hydrogen) atoms. The number of benzene rings is 2. The molecule has 0 spiro atoms. The third-order valence-electron chi connectivity index (χ3n) is 4.65. The average molecular weight is 390 g/mol. The van der Waals surface area contributed by atoms with Crippen LogP contribution in [0.3, 0.4) is 0 Å². The SMILES string of the molecule is O=[N+]([O-])c1ccc(CN(c2ccccc2)S(=O)O)c(OC2CCCCC2)c1. The van der Waals surface area contributed by atoms with Crippen molar-refractivity contribution in [2.24, 2.45) is 0 Å². The van der Waals surface area contributed by atoms with Crippen molar-refractivity contribution >= 4 is 22.6 Å². The molecule has 0 aromatic heterocycles. The van der Waals surface area contributed by atoms with Crippen molar-refractivity contribution in [3.05, 3.63) is 64.2 Å². The first-order valence-electron chi connectivity index (χ1n) is 8.92. The first-order valence-corrected chi connectivity index (χ1v) is 9.98. The number of hydrogen-bond donors (Lipinski definition) is 1. The summed E-state index contributed by atoms with van der Waals surface area (Å²) in [7, 11) is 0. The van der Waals surface area contributed by atoms with Crippen molar-refractivity contribution in [3.8, 4) is 5.75 Å². The van der Waals surface area contributed by atoms with Crippen LogP contribution in [0.15, 0.2) is 48.5 Å². The molecule has 1 N–H and O–H groups in total. The molecule has 1 aliphatic rings. The summed E-state index contributed by atoms with van der Waals surface area (Å²) in [4.78, 5) is 10.7. The van der Waals surface area contributed by atoms with Gasteiger partial charge in [0, 0.05) is 11.6 Å². The maximum Gasteiger partial charge on any atom is 0.273 e. The molecule has 1 fully saturated rings.